The monoisotopic (exact) mass is 445 g/mol. The lowest BCUT2D eigenvalue weighted by atomic mass is 10.1. The average Bonchev–Trinajstić information content (AvgIpc) is 3.18. The Morgan fingerprint density at radius 2 is 1.50 bits per heavy atom. The number of hydrogen-bond donors (Lipinski definition) is 2. The molecule has 0 spiro atoms. The number of nitrogens with zero attached hydrogens (tertiary/aromatic N) is 1. The minimum Gasteiger partial charge on any atom is -0.381 e. The van der Waals surface area contributed by atoms with Crippen molar-refractivity contribution in [3.8, 4) is 0 Å². The number of hydrogen-bond acceptors (Lipinski definition) is 2. The van der Waals surface area contributed by atoms with Crippen LogP contribution in [0, 0.1) is 0 Å². The largest absolute Gasteiger partial charge is 0.416 e. The van der Waals surface area contributed by atoms with Gasteiger partial charge < -0.3 is 10.3 Å². The molecule has 32 heavy (non-hydrogen) atoms. The van der Waals surface area contributed by atoms with Crippen molar-refractivity contribution in [3.05, 3.63) is 59.4 Å². The van der Waals surface area contributed by atoms with Gasteiger partial charge in [0.25, 0.3) is 0 Å². The third-order valence-electron chi connectivity index (χ3n) is 5.83. The quantitative estimate of drug-likeness (QED) is 0.260. The Hall–Kier alpha value is -2.50. The molecule has 2 aromatic carbocycles. The van der Waals surface area contributed by atoms with E-state index in [4.69, 9.17) is 0 Å². The van der Waals surface area contributed by atoms with E-state index < -0.39 is 11.7 Å². The molecule has 0 aliphatic carbocycles. The van der Waals surface area contributed by atoms with Crippen LogP contribution in [0.3, 0.4) is 0 Å². The van der Waals surface area contributed by atoms with Gasteiger partial charge in [-0.1, -0.05) is 70.4 Å². The number of aromatic amines is 1. The van der Waals surface area contributed by atoms with E-state index in [9.17, 15) is 13.2 Å². The Balaban J connectivity index is 1.42. The molecule has 3 rings (SSSR count). The van der Waals surface area contributed by atoms with Gasteiger partial charge in [0.2, 0.25) is 0 Å². The van der Waals surface area contributed by atoms with Crippen LogP contribution in [0.1, 0.15) is 81.7 Å². The van der Waals surface area contributed by atoms with Crippen LogP contribution >= 0.6 is 0 Å². The number of aromatic nitrogens is 2. The number of aryl methyl sites for hydroxylation is 1. The molecule has 0 amide bonds. The summed E-state index contributed by atoms with van der Waals surface area (Å²) in [6.45, 7) is 2.71. The van der Waals surface area contributed by atoms with Gasteiger partial charge in [0.15, 0.2) is 0 Å². The molecular formula is C26H34F3N3. The maximum Gasteiger partial charge on any atom is 0.416 e. The highest BCUT2D eigenvalue weighted by Crippen LogP contribution is 2.29. The molecule has 6 heteroatoms. The predicted octanol–water partition coefficient (Wildman–Crippen LogP) is 8.27. The highest BCUT2D eigenvalue weighted by molar-refractivity contribution is 5.79. The number of rotatable bonds is 13. The van der Waals surface area contributed by atoms with Crippen LogP contribution in [0.2, 0.25) is 0 Å². The third-order valence-corrected chi connectivity index (χ3v) is 5.83. The summed E-state index contributed by atoms with van der Waals surface area (Å²) in [4.78, 5) is 8.09. The molecular weight excluding hydrogens is 411 g/mol. The van der Waals surface area contributed by atoms with E-state index in [2.05, 4.69) is 22.2 Å². The van der Waals surface area contributed by atoms with Crippen LogP contribution in [0.4, 0.5) is 18.9 Å². The summed E-state index contributed by atoms with van der Waals surface area (Å²) in [6.07, 6.45) is 8.42. The van der Waals surface area contributed by atoms with Crippen molar-refractivity contribution in [1.29, 1.82) is 0 Å². The third kappa shape index (κ3) is 7.57. The van der Waals surface area contributed by atoms with Gasteiger partial charge in [0.05, 0.1) is 16.6 Å². The summed E-state index contributed by atoms with van der Waals surface area (Å²) in [5.74, 6) is 1.02. The predicted molar refractivity (Wildman–Crippen MR) is 126 cm³/mol. The molecule has 0 saturated heterocycles. The van der Waals surface area contributed by atoms with E-state index in [0.717, 1.165) is 53.1 Å². The zero-order valence-electron chi connectivity index (χ0n) is 18.9. The summed E-state index contributed by atoms with van der Waals surface area (Å²) in [5, 5.41) is 3.28. The maximum atomic E-state index is 12.7. The first kappa shape index (κ1) is 24.1. The number of anilines is 1. The number of unbranched alkanes of at least 4 members (excludes halogenated alkanes) is 8. The smallest absolute Gasteiger partial charge is 0.381 e. The van der Waals surface area contributed by atoms with Crippen LogP contribution < -0.4 is 5.32 Å². The van der Waals surface area contributed by atoms with E-state index in [-0.39, 0.29) is 0 Å². The highest BCUT2D eigenvalue weighted by atomic mass is 19.4. The number of halogens is 3. The van der Waals surface area contributed by atoms with Gasteiger partial charge in [-0.05, 0) is 42.3 Å². The fourth-order valence-electron chi connectivity index (χ4n) is 3.91. The van der Waals surface area contributed by atoms with Gasteiger partial charge in [-0.2, -0.15) is 13.2 Å². The van der Waals surface area contributed by atoms with Crippen LogP contribution in [-0.4, -0.2) is 9.97 Å². The van der Waals surface area contributed by atoms with Crippen LogP contribution in [0.25, 0.3) is 11.0 Å². The lowest BCUT2D eigenvalue weighted by molar-refractivity contribution is -0.137. The van der Waals surface area contributed by atoms with Crippen molar-refractivity contribution in [2.24, 2.45) is 0 Å². The Bertz CT molecular complexity index is 945. The van der Waals surface area contributed by atoms with Crippen LogP contribution in [-0.2, 0) is 19.1 Å². The number of alkyl halides is 3. The molecule has 0 aliphatic rings. The van der Waals surface area contributed by atoms with Gasteiger partial charge in [0, 0.05) is 18.7 Å². The van der Waals surface area contributed by atoms with Crippen molar-refractivity contribution >= 4 is 16.7 Å². The van der Waals surface area contributed by atoms with E-state index in [0.29, 0.717) is 6.54 Å². The lowest BCUT2D eigenvalue weighted by Gasteiger charge is -2.09. The van der Waals surface area contributed by atoms with E-state index in [1.165, 1.54) is 63.5 Å². The normalized spacial score (nSPS) is 11.9. The van der Waals surface area contributed by atoms with Gasteiger partial charge >= 0.3 is 6.18 Å². The Labute approximate surface area is 188 Å². The summed E-state index contributed by atoms with van der Waals surface area (Å²) >= 11 is 0. The highest BCUT2D eigenvalue weighted by Gasteiger charge is 2.29. The van der Waals surface area contributed by atoms with E-state index in [1.807, 2.05) is 18.2 Å². The van der Waals surface area contributed by atoms with Gasteiger partial charge in [0.1, 0.15) is 5.82 Å². The molecule has 0 saturated carbocycles. The molecule has 1 heterocycles. The molecule has 3 nitrogen and oxygen atoms in total. The first-order chi connectivity index (χ1) is 15.5. The molecule has 0 atom stereocenters. The van der Waals surface area contributed by atoms with E-state index >= 15 is 0 Å². The van der Waals surface area contributed by atoms with Crippen molar-refractivity contribution < 1.29 is 13.2 Å². The van der Waals surface area contributed by atoms with Crippen LogP contribution in [0.5, 0.6) is 0 Å². The van der Waals surface area contributed by atoms with E-state index in [1.54, 1.807) is 0 Å². The van der Waals surface area contributed by atoms with Crippen molar-refractivity contribution in [1.82, 2.24) is 9.97 Å². The number of imidazole rings is 1. The molecule has 0 radical (unpaired) electrons. The first-order valence-electron chi connectivity index (χ1n) is 11.8. The summed E-state index contributed by atoms with van der Waals surface area (Å²) in [6, 6.07) is 11.2. The molecule has 0 unspecified atom stereocenters. The summed E-state index contributed by atoms with van der Waals surface area (Å²) < 4.78 is 38.0. The summed E-state index contributed by atoms with van der Waals surface area (Å²) in [7, 11) is 0. The number of H-pyrrole nitrogens is 1. The topological polar surface area (TPSA) is 40.7 Å². The van der Waals surface area contributed by atoms with Gasteiger partial charge in [-0.25, -0.2) is 4.98 Å². The second-order valence-electron chi connectivity index (χ2n) is 8.54. The Morgan fingerprint density at radius 1 is 0.844 bits per heavy atom. The first-order valence-corrected chi connectivity index (χ1v) is 11.8. The van der Waals surface area contributed by atoms with Crippen molar-refractivity contribution in [3.63, 3.8) is 0 Å². The number of fused-ring (bicyclic) bond motifs is 1. The second kappa shape index (κ2) is 11.9. The number of benzene rings is 2. The fraction of sp³-hybridized carbons (Fsp3) is 0.500. The maximum absolute atomic E-state index is 12.7. The molecule has 0 fully saturated rings. The Kier molecular flexibility index (Phi) is 9.00. The zero-order chi connectivity index (χ0) is 22.8. The zero-order valence-corrected chi connectivity index (χ0v) is 18.9. The average molecular weight is 446 g/mol. The van der Waals surface area contributed by atoms with Gasteiger partial charge in [-0.3, -0.25) is 0 Å². The molecule has 174 valence electrons. The molecule has 0 bridgehead atoms. The second-order valence-corrected chi connectivity index (χ2v) is 8.54. The van der Waals surface area contributed by atoms with Crippen LogP contribution in [0.15, 0.2) is 42.5 Å². The number of nitrogens with one attached hydrogen (secondary N) is 2. The standard InChI is InChI=1S/C26H34F3N3/c1-2-3-4-5-6-7-8-9-10-11-25-31-23-17-16-22(18-24(23)32-25)30-19-20-12-14-21(15-13-20)26(27,28)29/h12-18,30H,2-11,19H2,1H3,(H,31,32). The molecule has 3 aromatic rings. The van der Waals surface area contributed by atoms with Gasteiger partial charge in [-0.15, -0.1) is 0 Å². The molecule has 2 N–H and O–H groups in total. The lowest BCUT2D eigenvalue weighted by Crippen LogP contribution is -2.05. The summed E-state index contributed by atoms with van der Waals surface area (Å²) in [5.41, 5.74) is 3.01. The van der Waals surface area contributed by atoms with Crippen molar-refractivity contribution in [2.45, 2.75) is 83.9 Å². The molecule has 1 aromatic heterocycles. The minimum absolute atomic E-state index is 0.461. The minimum atomic E-state index is -4.30. The molecule has 0 aliphatic heterocycles. The fourth-order valence-corrected chi connectivity index (χ4v) is 3.91. The SMILES string of the molecule is CCCCCCCCCCCc1nc2ccc(NCc3ccc(C(F)(F)F)cc3)cc2[nH]1. The Morgan fingerprint density at radius 3 is 2.16 bits per heavy atom. The van der Waals surface area contributed by atoms with Crippen molar-refractivity contribution in [2.75, 3.05) is 5.32 Å².